The first-order chi connectivity index (χ1) is 12.0. The van der Waals surface area contributed by atoms with E-state index >= 15 is 0 Å². The number of methoxy groups -OCH3 is 1. The first-order valence-electron chi connectivity index (χ1n) is 7.58. The van der Waals surface area contributed by atoms with Crippen LogP contribution in [0, 0.1) is 12.7 Å². The number of anilines is 2. The summed E-state index contributed by atoms with van der Waals surface area (Å²) in [5, 5.41) is 9.35. The normalized spacial score (nSPS) is 10.6. The molecule has 3 rings (SSSR count). The Morgan fingerprint density at radius 2 is 1.96 bits per heavy atom. The molecule has 0 unspecified atom stereocenters. The van der Waals surface area contributed by atoms with Gasteiger partial charge in [-0.05, 0) is 37.3 Å². The highest BCUT2D eigenvalue weighted by molar-refractivity contribution is 6.01. The monoisotopic (exact) mass is 343 g/mol. The number of hydrogen-bond acceptors (Lipinski definition) is 3. The zero-order chi connectivity index (χ0) is 18.0. The third kappa shape index (κ3) is 3.32. The Balaban J connectivity index is 1.81. The van der Waals surface area contributed by atoms with Crippen molar-refractivity contribution in [3.05, 3.63) is 54.2 Å². The molecular formula is C17H18FN5O2. The zero-order valence-electron chi connectivity index (χ0n) is 14.1. The van der Waals surface area contributed by atoms with Gasteiger partial charge in [0, 0.05) is 25.1 Å². The fraction of sp³-hybridized carbons (Fsp3) is 0.176. The topological polar surface area (TPSA) is 73.1 Å². The lowest BCUT2D eigenvalue weighted by atomic mass is 10.2. The molecule has 8 heteroatoms. The summed E-state index contributed by atoms with van der Waals surface area (Å²) in [5.41, 5.74) is 1.83. The first-order valence-corrected chi connectivity index (χ1v) is 7.58. The number of rotatable bonds is 4. The van der Waals surface area contributed by atoms with E-state index in [9.17, 15) is 9.18 Å². The van der Waals surface area contributed by atoms with Crippen molar-refractivity contribution in [3.8, 4) is 11.6 Å². The van der Waals surface area contributed by atoms with Crippen molar-refractivity contribution < 1.29 is 13.9 Å². The van der Waals surface area contributed by atoms with Gasteiger partial charge in [0.1, 0.15) is 11.5 Å². The van der Waals surface area contributed by atoms with Crippen LogP contribution < -0.4 is 15.4 Å². The molecule has 2 aromatic heterocycles. The number of amides is 2. The van der Waals surface area contributed by atoms with Crippen LogP contribution in [0.15, 0.2) is 42.7 Å². The fourth-order valence-corrected chi connectivity index (χ4v) is 2.56. The largest absolute Gasteiger partial charge is 0.480 e. The van der Waals surface area contributed by atoms with Crippen LogP contribution in [0.2, 0.25) is 0 Å². The third-order valence-corrected chi connectivity index (χ3v) is 3.70. The van der Waals surface area contributed by atoms with Crippen LogP contribution in [0.5, 0.6) is 5.88 Å². The van der Waals surface area contributed by atoms with Crippen molar-refractivity contribution >= 4 is 17.4 Å². The van der Waals surface area contributed by atoms with E-state index in [-0.39, 0.29) is 5.69 Å². The van der Waals surface area contributed by atoms with Gasteiger partial charge in [-0.25, -0.2) is 13.9 Å². The number of benzene rings is 1. The fourth-order valence-electron chi connectivity index (χ4n) is 2.56. The molecule has 2 amide bonds. The van der Waals surface area contributed by atoms with Gasteiger partial charge in [0.05, 0.1) is 18.5 Å². The maximum atomic E-state index is 14.0. The second kappa shape index (κ2) is 6.68. The highest BCUT2D eigenvalue weighted by Crippen LogP contribution is 2.27. The Labute approximate surface area is 144 Å². The number of nitrogens with zero attached hydrogens (tertiary/aromatic N) is 3. The van der Waals surface area contributed by atoms with Gasteiger partial charge in [0.25, 0.3) is 0 Å². The maximum Gasteiger partial charge on any atom is 0.323 e. The summed E-state index contributed by atoms with van der Waals surface area (Å²) in [5.74, 6) is -0.116. The van der Waals surface area contributed by atoms with Gasteiger partial charge < -0.3 is 19.9 Å². The van der Waals surface area contributed by atoms with Crippen LogP contribution in [0.1, 0.15) is 5.69 Å². The van der Waals surface area contributed by atoms with Gasteiger partial charge in [-0.15, -0.1) is 0 Å². The van der Waals surface area contributed by atoms with Gasteiger partial charge in [0.2, 0.25) is 5.88 Å². The van der Waals surface area contributed by atoms with Gasteiger partial charge >= 0.3 is 6.03 Å². The number of urea groups is 1. The number of carbonyl (C=O) groups excluding carboxylic acids is 1. The minimum Gasteiger partial charge on any atom is -0.480 e. The Bertz CT molecular complexity index is 902. The molecule has 2 heterocycles. The number of hydrogen-bond donors (Lipinski definition) is 2. The Morgan fingerprint density at radius 1 is 1.24 bits per heavy atom. The summed E-state index contributed by atoms with van der Waals surface area (Å²) in [6.07, 6.45) is 3.67. The number of nitrogens with one attached hydrogen (secondary N) is 2. The molecule has 130 valence electrons. The van der Waals surface area contributed by atoms with E-state index in [4.69, 9.17) is 4.74 Å². The van der Waals surface area contributed by atoms with Gasteiger partial charge in [0.15, 0.2) is 0 Å². The van der Waals surface area contributed by atoms with Crippen molar-refractivity contribution in [1.29, 1.82) is 0 Å². The summed E-state index contributed by atoms with van der Waals surface area (Å²) < 4.78 is 22.6. The van der Waals surface area contributed by atoms with E-state index in [1.165, 1.54) is 17.9 Å². The molecule has 2 N–H and O–H groups in total. The van der Waals surface area contributed by atoms with Gasteiger partial charge in [-0.1, -0.05) is 0 Å². The van der Waals surface area contributed by atoms with Crippen LogP contribution in [-0.2, 0) is 7.05 Å². The average Bonchev–Trinajstić information content (AvgIpc) is 3.18. The minimum absolute atomic E-state index is 0.0733. The maximum absolute atomic E-state index is 14.0. The third-order valence-electron chi connectivity index (χ3n) is 3.70. The molecule has 0 atom stereocenters. The lowest BCUT2D eigenvalue weighted by Gasteiger charge is -2.11. The molecule has 0 saturated heterocycles. The van der Waals surface area contributed by atoms with Crippen molar-refractivity contribution in [2.75, 3.05) is 17.7 Å². The number of halogens is 1. The number of aromatic nitrogens is 3. The highest BCUT2D eigenvalue weighted by atomic mass is 19.1. The zero-order valence-corrected chi connectivity index (χ0v) is 14.1. The molecule has 0 radical (unpaired) electrons. The van der Waals surface area contributed by atoms with E-state index in [1.807, 2.05) is 29.1 Å². The van der Waals surface area contributed by atoms with Crippen LogP contribution >= 0.6 is 0 Å². The van der Waals surface area contributed by atoms with Crippen LogP contribution in [0.25, 0.3) is 5.69 Å². The van der Waals surface area contributed by atoms with Crippen LogP contribution in [0.4, 0.5) is 20.6 Å². The predicted octanol–water partition coefficient (Wildman–Crippen LogP) is 3.31. The highest BCUT2D eigenvalue weighted by Gasteiger charge is 2.17. The molecule has 0 saturated carbocycles. The first kappa shape index (κ1) is 16.6. The smallest absolute Gasteiger partial charge is 0.323 e. The van der Waals surface area contributed by atoms with E-state index in [2.05, 4.69) is 15.7 Å². The molecule has 0 aliphatic rings. The quantitative estimate of drug-likeness (QED) is 0.763. The molecule has 0 spiro atoms. The molecule has 3 aromatic rings. The second-order valence-corrected chi connectivity index (χ2v) is 5.43. The van der Waals surface area contributed by atoms with Crippen LogP contribution in [-0.4, -0.2) is 27.5 Å². The summed E-state index contributed by atoms with van der Waals surface area (Å²) >= 11 is 0. The summed E-state index contributed by atoms with van der Waals surface area (Å²) in [4.78, 5) is 12.3. The molecule has 7 nitrogen and oxygen atoms in total. The van der Waals surface area contributed by atoms with Gasteiger partial charge in [-0.2, -0.15) is 5.10 Å². The SMILES string of the molecule is COc1c(NC(=O)Nc2cc(-n3cccc3)ccc2F)c(C)nn1C. The Morgan fingerprint density at radius 3 is 2.64 bits per heavy atom. The molecule has 1 aromatic carbocycles. The van der Waals surface area contributed by atoms with Crippen molar-refractivity contribution in [2.24, 2.45) is 7.05 Å². The van der Waals surface area contributed by atoms with Crippen molar-refractivity contribution in [3.63, 3.8) is 0 Å². The van der Waals surface area contributed by atoms with Gasteiger partial charge in [-0.3, -0.25) is 0 Å². The van der Waals surface area contributed by atoms with Crippen molar-refractivity contribution in [1.82, 2.24) is 14.3 Å². The summed E-state index contributed by atoms with van der Waals surface area (Å²) in [6.45, 7) is 1.74. The molecule has 0 aliphatic heterocycles. The Hall–Kier alpha value is -3.29. The van der Waals surface area contributed by atoms with Crippen molar-refractivity contribution in [2.45, 2.75) is 6.92 Å². The minimum atomic E-state index is -0.585. The number of ether oxygens (including phenoxy) is 1. The molecule has 0 bridgehead atoms. The molecule has 0 aliphatic carbocycles. The molecular weight excluding hydrogens is 325 g/mol. The lowest BCUT2D eigenvalue weighted by Crippen LogP contribution is -2.21. The molecule has 25 heavy (non-hydrogen) atoms. The van der Waals surface area contributed by atoms with E-state index in [0.717, 1.165) is 5.69 Å². The van der Waals surface area contributed by atoms with E-state index in [1.54, 1.807) is 26.1 Å². The Kier molecular flexibility index (Phi) is 4.42. The standard InChI is InChI=1S/C17H18FN5O2/c1-11-15(16(25-3)22(2)21-11)20-17(24)19-14-10-12(6-7-13(14)18)23-8-4-5-9-23/h4-10H,1-3H3,(H2,19,20,24). The number of aryl methyl sites for hydroxylation is 2. The second-order valence-electron chi connectivity index (χ2n) is 5.43. The average molecular weight is 343 g/mol. The lowest BCUT2D eigenvalue weighted by molar-refractivity contribution is 0.262. The summed E-state index contributed by atoms with van der Waals surface area (Å²) in [6, 6.07) is 7.63. The summed E-state index contributed by atoms with van der Waals surface area (Å²) in [7, 11) is 3.19. The van der Waals surface area contributed by atoms with E-state index in [0.29, 0.717) is 17.3 Å². The molecule has 0 fully saturated rings. The van der Waals surface area contributed by atoms with Crippen LogP contribution in [0.3, 0.4) is 0 Å². The number of carbonyl (C=O) groups is 1. The predicted molar refractivity (Wildman–Crippen MR) is 92.9 cm³/mol. The van der Waals surface area contributed by atoms with E-state index < -0.39 is 11.8 Å².